The third kappa shape index (κ3) is 2.81. The summed E-state index contributed by atoms with van der Waals surface area (Å²) in [4.78, 5) is 5.41. The van der Waals surface area contributed by atoms with E-state index in [0.29, 0.717) is 11.8 Å². The fourth-order valence-corrected chi connectivity index (χ4v) is 5.57. The first-order chi connectivity index (χ1) is 11.5. The molecule has 1 aromatic carbocycles. The Hall–Kier alpha value is -1.23. The Morgan fingerprint density at radius 3 is 2.96 bits per heavy atom. The number of halogens is 1. The molecule has 3 nitrogen and oxygen atoms in total. The van der Waals surface area contributed by atoms with Gasteiger partial charge in [0, 0.05) is 40.7 Å². The van der Waals surface area contributed by atoms with E-state index in [-0.39, 0.29) is 11.1 Å². The van der Waals surface area contributed by atoms with Crippen LogP contribution in [-0.4, -0.2) is 29.0 Å². The third-order valence-electron chi connectivity index (χ3n) is 5.09. The van der Waals surface area contributed by atoms with Crippen LogP contribution in [0.1, 0.15) is 39.4 Å². The van der Waals surface area contributed by atoms with E-state index >= 15 is 0 Å². The van der Waals surface area contributed by atoms with Crippen molar-refractivity contribution in [1.29, 1.82) is 0 Å². The molecule has 24 heavy (non-hydrogen) atoms. The highest BCUT2D eigenvalue weighted by Crippen LogP contribution is 2.43. The van der Waals surface area contributed by atoms with Crippen molar-refractivity contribution < 1.29 is 9.84 Å². The second-order valence-corrected chi connectivity index (χ2v) is 8.78. The van der Waals surface area contributed by atoms with Crippen molar-refractivity contribution in [3.05, 3.63) is 44.6 Å². The van der Waals surface area contributed by atoms with Gasteiger partial charge >= 0.3 is 0 Å². The van der Waals surface area contributed by atoms with Crippen molar-refractivity contribution in [2.24, 2.45) is 0 Å². The number of ether oxygens (including phenoxy) is 1. The summed E-state index contributed by atoms with van der Waals surface area (Å²) in [5.74, 6) is 0.819. The van der Waals surface area contributed by atoms with Crippen LogP contribution in [0.3, 0.4) is 0 Å². The first-order valence-electron chi connectivity index (χ1n) is 8.43. The van der Waals surface area contributed by atoms with Gasteiger partial charge in [0.1, 0.15) is 0 Å². The number of hydrogen-bond acceptors (Lipinski definition) is 4. The van der Waals surface area contributed by atoms with Crippen LogP contribution < -0.4 is 4.74 Å². The molecule has 4 rings (SSSR count). The minimum absolute atomic E-state index is 0.179. The summed E-state index contributed by atoms with van der Waals surface area (Å²) in [6, 6.07) is 6.62. The molecule has 128 valence electrons. The fourth-order valence-electron chi connectivity index (χ4n) is 3.97. The predicted octanol–water partition coefficient (Wildman–Crippen LogP) is 4.29. The predicted molar refractivity (Wildman–Crippen MR) is 98.6 cm³/mol. The van der Waals surface area contributed by atoms with Crippen LogP contribution in [0.4, 0.5) is 0 Å². The Balaban J connectivity index is 1.67. The van der Waals surface area contributed by atoms with E-state index in [0.717, 1.165) is 32.4 Å². The highest BCUT2D eigenvalue weighted by molar-refractivity contribution is 7.12. The maximum absolute atomic E-state index is 10.2. The largest absolute Gasteiger partial charge is 0.504 e. The molecule has 0 radical (unpaired) electrons. The lowest BCUT2D eigenvalue weighted by Gasteiger charge is -2.40. The highest BCUT2D eigenvalue weighted by atomic mass is 35.5. The van der Waals surface area contributed by atoms with Gasteiger partial charge in [0.05, 0.1) is 7.11 Å². The molecule has 0 bridgehead atoms. The number of thiophene rings is 1. The number of methoxy groups -OCH3 is 1. The minimum atomic E-state index is 0.179. The van der Waals surface area contributed by atoms with E-state index in [2.05, 4.69) is 17.9 Å². The molecule has 2 aromatic rings. The SMILES string of the molecule is COc1cc2c(cc1O)[C@@H]1Cc3sc(CC(C)Cl)cc3CN1CC2. The number of phenolic OH excluding ortho intramolecular Hbond substituents is 1. The van der Waals surface area contributed by atoms with Crippen LogP contribution in [0.15, 0.2) is 18.2 Å². The summed E-state index contributed by atoms with van der Waals surface area (Å²) >= 11 is 8.07. The van der Waals surface area contributed by atoms with Gasteiger partial charge in [-0.1, -0.05) is 0 Å². The Kier molecular flexibility index (Phi) is 4.23. The Bertz CT molecular complexity index is 771. The minimum Gasteiger partial charge on any atom is -0.504 e. The lowest BCUT2D eigenvalue weighted by Crippen LogP contribution is -2.38. The smallest absolute Gasteiger partial charge is 0.160 e. The zero-order valence-electron chi connectivity index (χ0n) is 14.0. The van der Waals surface area contributed by atoms with E-state index in [9.17, 15) is 5.11 Å². The van der Waals surface area contributed by atoms with E-state index in [1.165, 1.54) is 26.4 Å². The fraction of sp³-hybridized carbons (Fsp3) is 0.474. The van der Waals surface area contributed by atoms with Crippen LogP contribution >= 0.6 is 22.9 Å². The maximum atomic E-state index is 10.2. The molecule has 0 aliphatic carbocycles. The second-order valence-electron chi connectivity index (χ2n) is 6.81. The molecule has 5 heteroatoms. The van der Waals surface area contributed by atoms with Crippen molar-refractivity contribution >= 4 is 22.9 Å². The molecule has 1 N–H and O–H groups in total. The van der Waals surface area contributed by atoms with Crippen LogP contribution in [0, 0.1) is 0 Å². The van der Waals surface area contributed by atoms with E-state index < -0.39 is 0 Å². The molecule has 0 amide bonds. The quantitative estimate of drug-likeness (QED) is 0.826. The molecule has 0 saturated carbocycles. The second kappa shape index (κ2) is 6.25. The number of hydrogen-bond donors (Lipinski definition) is 1. The van der Waals surface area contributed by atoms with Crippen molar-refractivity contribution in [2.45, 2.75) is 44.1 Å². The molecule has 2 aliphatic heterocycles. The number of benzene rings is 1. The van der Waals surface area contributed by atoms with Gasteiger partial charge in [0.2, 0.25) is 0 Å². The number of aromatic hydroxyl groups is 1. The molecule has 2 atom stereocenters. The molecule has 2 aliphatic rings. The topological polar surface area (TPSA) is 32.7 Å². The van der Waals surface area contributed by atoms with Crippen LogP contribution in [-0.2, 0) is 25.8 Å². The van der Waals surface area contributed by atoms with Crippen LogP contribution in [0.25, 0.3) is 0 Å². The van der Waals surface area contributed by atoms with Gasteiger partial charge in [0.25, 0.3) is 0 Å². The van der Waals surface area contributed by atoms with Gasteiger partial charge in [-0.05, 0) is 54.7 Å². The van der Waals surface area contributed by atoms with E-state index in [1.54, 1.807) is 7.11 Å². The number of alkyl halides is 1. The molecule has 0 saturated heterocycles. The zero-order chi connectivity index (χ0) is 16.8. The molecule has 0 spiro atoms. The number of rotatable bonds is 3. The number of phenols is 1. The van der Waals surface area contributed by atoms with Crippen molar-refractivity contribution in [3.63, 3.8) is 0 Å². The Morgan fingerprint density at radius 2 is 2.21 bits per heavy atom. The Morgan fingerprint density at radius 1 is 1.38 bits per heavy atom. The standard InChI is InChI=1S/C19H22ClNO2S/c1-11(20)5-14-6-13-10-21-4-3-12-7-18(23-2)17(22)8-15(12)16(21)9-19(13)24-14/h6-8,11,16,22H,3-5,9-10H2,1-2H3/t11?,16-/m0/s1. The van der Waals surface area contributed by atoms with E-state index in [1.807, 2.05) is 23.5 Å². The van der Waals surface area contributed by atoms with Crippen LogP contribution in [0.5, 0.6) is 11.5 Å². The lowest BCUT2D eigenvalue weighted by atomic mass is 9.86. The summed E-state index contributed by atoms with van der Waals surface area (Å²) in [5, 5.41) is 10.4. The summed E-state index contributed by atoms with van der Waals surface area (Å²) < 4.78 is 5.27. The number of nitrogens with zero attached hydrogens (tertiary/aromatic N) is 1. The molecule has 0 fully saturated rings. The van der Waals surface area contributed by atoms with Gasteiger partial charge < -0.3 is 9.84 Å². The van der Waals surface area contributed by atoms with Gasteiger partial charge in [-0.3, -0.25) is 4.90 Å². The van der Waals surface area contributed by atoms with E-state index in [4.69, 9.17) is 16.3 Å². The monoisotopic (exact) mass is 363 g/mol. The summed E-state index contributed by atoms with van der Waals surface area (Å²) in [5.41, 5.74) is 4.02. The lowest BCUT2D eigenvalue weighted by molar-refractivity contribution is 0.162. The third-order valence-corrected chi connectivity index (χ3v) is 6.47. The highest BCUT2D eigenvalue weighted by Gasteiger charge is 2.34. The average molecular weight is 364 g/mol. The Labute approximate surface area is 151 Å². The van der Waals surface area contributed by atoms with Gasteiger partial charge in [0.15, 0.2) is 11.5 Å². The average Bonchev–Trinajstić information content (AvgIpc) is 2.92. The summed E-state index contributed by atoms with van der Waals surface area (Å²) in [6.45, 7) is 4.11. The molecule has 1 unspecified atom stereocenters. The molecule has 1 aromatic heterocycles. The zero-order valence-corrected chi connectivity index (χ0v) is 15.6. The molecular formula is C19H22ClNO2S. The van der Waals surface area contributed by atoms with Gasteiger partial charge in [-0.25, -0.2) is 0 Å². The summed E-state index contributed by atoms with van der Waals surface area (Å²) in [6.07, 6.45) is 2.97. The first kappa shape index (κ1) is 16.2. The van der Waals surface area contributed by atoms with Crippen molar-refractivity contribution in [1.82, 2.24) is 4.90 Å². The normalized spacial score (nSPS) is 20.9. The van der Waals surface area contributed by atoms with Crippen molar-refractivity contribution in [2.75, 3.05) is 13.7 Å². The van der Waals surface area contributed by atoms with Gasteiger partial charge in [-0.15, -0.1) is 22.9 Å². The summed E-state index contributed by atoms with van der Waals surface area (Å²) in [7, 11) is 1.61. The number of fused-ring (bicyclic) bond motifs is 4. The van der Waals surface area contributed by atoms with Gasteiger partial charge in [-0.2, -0.15) is 0 Å². The van der Waals surface area contributed by atoms with Crippen molar-refractivity contribution in [3.8, 4) is 11.5 Å². The first-order valence-corrected chi connectivity index (χ1v) is 9.68. The molecule has 3 heterocycles. The molecular weight excluding hydrogens is 342 g/mol. The van der Waals surface area contributed by atoms with Crippen LogP contribution in [0.2, 0.25) is 0 Å². The maximum Gasteiger partial charge on any atom is 0.160 e.